The Labute approximate surface area is 222 Å². The summed E-state index contributed by atoms with van der Waals surface area (Å²) in [5, 5.41) is 3.43. The summed E-state index contributed by atoms with van der Waals surface area (Å²) in [6.07, 6.45) is 5.37. The van der Waals surface area contributed by atoms with Gasteiger partial charge in [-0.15, -0.1) is 11.3 Å². The second-order valence-corrected chi connectivity index (χ2v) is 10.8. The molecule has 9 heteroatoms. The molecule has 1 atom stereocenters. The van der Waals surface area contributed by atoms with Crippen LogP contribution in [-0.2, 0) is 17.9 Å². The Bertz CT molecular complexity index is 1290. The third-order valence-corrected chi connectivity index (χ3v) is 8.38. The molecule has 3 aromatic rings. The average molecular weight is 524 g/mol. The molecule has 2 amide bonds. The maximum atomic E-state index is 13.2. The van der Waals surface area contributed by atoms with Gasteiger partial charge in [0.1, 0.15) is 11.4 Å². The van der Waals surface area contributed by atoms with Gasteiger partial charge in [-0.25, -0.2) is 4.98 Å². The van der Waals surface area contributed by atoms with E-state index in [0.717, 1.165) is 51.9 Å². The van der Waals surface area contributed by atoms with Crippen LogP contribution in [-0.4, -0.2) is 63.4 Å². The summed E-state index contributed by atoms with van der Waals surface area (Å²) < 4.78 is 1.37. The van der Waals surface area contributed by atoms with Crippen molar-refractivity contribution in [1.82, 2.24) is 24.7 Å². The number of hydrogen-bond acceptors (Lipinski definition) is 6. The highest BCUT2D eigenvalue weighted by molar-refractivity contribution is 7.20. The molecule has 3 heterocycles. The van der Waals surface area contributed by atoms with Crippen LogP contribution in [0.5, 0.6) is 0 Å². The summed E-state index contributed by atoms with van der Waals surface area (Å²) in [5.41, 5.74) is 1.64. The fraction of sp³-hybridized carbons (Fsp3) is 0.500. The van der Waals surface area contributed by atoms with Crippen molar-refractivity contribution in [1.29, 1.82) is 0 Å². The number of carbonyl (C=O) groups excluding carboxylic acids is 2. The van der Waals surface area contributed by atoms with E-state index in [1.54, 1.807) is 6.92 Å². The summed E-state index contributed by atoms with van der Waals surface area (Å²) >= 11 is 1.23. The van der Waals surface area contributed by atoms with Gasteiger partial charge in [0.25, 0.3) is 11.5 Å². The van der Waals surface area contributed by atoms with Gasteiger partial charge in [0.15, 0.2) is 0 Å². The molecule has 1 saturated heterocycles. The lowest BCUT2D eigenvalue weighted by Crippen LogP contribution is -2.44. The van der Waals surface area contributed by atoms with E-state index in [1.165, 1.54) is 27.8 Å². The van der Waals surface area contributed by atoms with E-state index in [2.05, 4.69) is 41.2 Å². The molecule has 0 bridgehead atoms. The number of amides is 2. The number of rotatable bonds is 10. The molecular weight excluding hydrogens is 486 g/mol. The van der Waals surface area contributed by atoms with Gasteiger partial charge in [-0.1, -0.05) is 37.3 Å². The van der Waals surface area contributed by atoms with Crippen molar-refractivity contribution in [3.63, 3.8) is 0 Å². The van der Waals surface area contributed by atoms with Crippen molar-refractivity contribution in [3.8, 4) is 0 Å². The zero-order chi connectivity index (χ0) is 26.4. The zero-order valence-electron chi connectivity index (χ0n) is 22.0. The first kappa shape index (κ1) is 27.0. The lowest BCUT2D eigenvalue weighted by molar-refractivity contribution is -0.135. The molecule has 198 valence electrons. The summed E-state index contributed by atoms with van der Waals surface area (Å²) in [6, 6.07) is 10.6. The number of aryl methyl sites for hydroxylation is 1. The Morgan fingerprint density at radius 2 is 2.00 bits per heavy atom. The first-order valence-electron chi connectivity index (χ1n) is 13.2. The largest absolute Gasteiger partial charge is 0.351 e. The molecule has 0 saturated carbocycles. The molecule has 0 aliphatic carbocycles. The Kier molecular flexibility index (Phi) is 9.10. The zero-order valence-corrected chi connectivity index (χ0v) is 22.9. The minimum absolute atomic E-state index is 0.0279. The van der Waals surface area contributed by atoms with Gasteiger partial charge >= 0.3 is 0 Å². The number of carbonyl (C=O) groups is 2. The molecule has 4 rings (SSSR count). The van der Waals surface area contributed by atoms with E-state index in [4.69, 9.17) is 0 Å². The third-order valence-electron chi connectivity index (χ3n) is 7.19. The summed E-state index contributed by atoms with van der Waals surface area (Å²) in [4.78, 5) is 48.7. The number of aromatic nitrogens is 2. The van der Waals surface area contributed by atoms with E-state index in [1.807, 2.05) is 23.1 Å². The number of benzene rings is 1. The van der Waals surface area contributed by atoms with E-state index in [-0.39, 0.29) is 30.0 Å². The molecular formula is C28H37N5O3S. The molecule has 1 aromatic carbocycles. The fourth-order valence-corrected chi connectivity index (χ4v) is 6.02. The first-order valence-corrected chi connectivity index (χ1v) is 14.0. The second kappa shape index (κ2) is 12.5. The highest BCUT2D eigenvalue weighted by Crippen LogP contribution is 2.27. The van der Waals surface area contributed by atoms with Crippen LogP contribution in [0.3, 0.4) is 0 Å². The van der Waals surface area contributed by atoms with Crippen molar-refractivity contribution in [2.75, 3.05) is 26.2 Å². The molecule has 0 radical (unpaired) electrons. The Balaban J connectivity index is 1.37. The van der Waals surface area contributed by atoms with E-state index in [9.17, 15) is 14.4 Å². The average Bonchev–Trinajstić information content (AvgIpc) is 3.25. The molecule has 1 fully saturated rings. The van der Waals surface area contributed by atoms with Crippen LogP contribution < -0.4 is 10.9 Å². The Hall–Kier alpha value is -3.04. The standard InChI is InChI=1S/C28H37N5O3S/c1-4-31(17-22-12-6-5-7-13-22)15-10-14-29-26(35)25-21(3)24-27(37-25)30-19-32(28(24)36)18-23(34)33-16-9-8-11-20(33)2/h5-7,12-13,19-20H,4,8-11,14-18H2,1-3H3,(H,29,35). The number of nitrogens with one attached hydrogen (secondary N) is 1. The Morgan fingerprint density at radius 3 is 2.73 bits per heavy atom. The lowest BCUT2D eigenvalue weighted by atomic mass is 10.0. The van der Waals surface area contributed by atoms with Crippen molar-refractivity contribution >= 4 is 33.4 Å². The molecule has 8 nitrogen and oxygen atoms in total. The van der Waals surface area contributed by atoms with Crippen molar-refractivity contribution in [3.05, 3.63) is 63.0 Å². The number of hydrogen-bond donors (Lipinski definition) is 1. The fourth-order valence-electron chi connectivity index (χ4n) is 4.97. The van der Waals surface area contributed by atoms with Crippen LogP contribution in [0.15, 0.2) is 41.5 Å². The van der Waals surface area contributed by atoms with Crippen molar-refractivity contribution < 1.29 is 9.59 Å². The second-order valence-electron chi connectivity index (χ2n) is 9.81. The minimum Gasteiger partial charge on any atom is -0.351 e. The van der Waals surface area contributed by atoms with Crippen LogP contribution in [0.25, 0.3) is 10.2 Å². The number of likely N-dealkylation sites (tertiary alicyclic amines) is 1. The smallest absolute Gasteiger partial charge is 0.262 e. The van der Waals surface area contributed by atoms with Gasteiger partial charge in [-0.2, -0.15) is 0 Å². The third kappa shape index (κ3) is 6.45. The SMILES string of the molecule is CCN(CCCNC(=O)c1sc2ncn(CC(=O)N3CCCCC3C)c(=O)c2c1C)Cc1ccccc1. The summed E-state index contributed by atoms with van der Waals surface area (Å²) in [7, 11) is 0. The van der Waals surface area contributed by atoms with Crippen LogP contribution in [0.2, 0.25) is 0 Å². The van der Waals surface area contributed by atoms with Crippen LogP contribution in [0, 0.1) is 6.92 Å². The van der Waals surface area contributed by atoms with Crippen LogP contribution in [0.1, 0.15) is 60.3 Å². The highest BCUT2D eigenvalue weighted by Gasteiger charge is 2.25. The molecule has 1 aliphatic rings. The van der Waals surface area contributed by atoms with Gasteiger partial charge in [0.05, 0.1) is 16.6 Å². The predicted octanol–water partition coefficient (Wildman–Crippen LogP) is 3.81. The lowest BCUT2D eigenvalue weighted by Gasteiger charge is -2.33. The summed E-state index contributed by atoms with van der Waals surface area (Å²) in [5.74, 6) is -0.245. The molecule has 0 spiro atoms. The molecule has 2 aromatic heterocycles. The number of nitrogens with zero attached hydrogens (tertiary/aromatic N) is 4. The van der Waals surface area contributed by atoms with Gasteiger partial charge in [-0.3, -0.25) is 23.9 Å². The number of piperidine rings is 1. The van der Waals surface area contributed by atoms with Crippen LogP contribution in [0.4, 0.5) is 0 Å². The molecule has 1 aliphatic heterocycles. The summed E-state index contributed by atoms with van der Waals surface area (Å²) in [6.45, 7) is 9.95. The topological polar surface area (TPSA) is 87.5 Å². The minimum atomic E-state index is -0.268. The van der Waals surface area contributed by atoms with Crippen LogP contribution >= 0.6 is 11.3 Å². The van der Waals surface area contributed by atoms with E-state index < -0.39 is 0 Å². The highest BCUT2D eigenvalue weighted by atomic mass is 32.1. The van der Waals surface area contributed by atoms with E-state index in [0.29, 0.717) is 27.2 Å². The van der Waals surface area contributed by atoms with Gasteiger partial charge < -0.3 is 10.2 Å². The van der Waals surface area contributed by atoms with Gasteiger partial charge in [-0.05, 0) is 57.2 Å². The van der Waals surface area contributed by atoms with Crippen molar-refractivity contribution in [2.24, 2.45) is 0 Å². The van der Waals surface area contributed by atoms with Crippen molar-refractivity contribution in [2.45, 2.75) is 65.6 Å². The maximum Gasteiger partial charge on any atom is 0.262 e. The number of fused-ring (bicyclic) bond motifs is 1. The monoisotopic (exact) mass is 523 g/mol. The molecule has 37 heavy (non-hydrogen) atoms. The van der Waals surface area contributed by atoms with Gasteiger partial charge in [0, 0.05) is 32.2 Å². The van der Waals surface area contributed by atoms with E-state index >= 15 is 0 Å². The quantitative estimate of drug-likeness (QED) is 0.409. The first-order chi connectivity index (χ1) is 17.9. The Morgan fingerprint density at radius 1 is 1.22 bits per heavy atom. The van der Waals surface area contributed by atoms with Gasteiger partial charge in [0.2, 0.25) is 5.91 Å². The number of thiophene rings is 1. The molecule has 1 unspecified atom stereocenters. The normalized spacial score (nSPS) is 15.9. The maximum absolute atomic E-state index is 13.2. The predicted molar refractivity (Wildman–Crippen MR) is 148 cm³/mol. The molecule has 1 N–H and O–H groups in total.